The fourth-order valence-corrected chi connectivity index (χ4v) is 2.42. The Balaban J connectivity index is 1.91. The molecule has 2 rings (SSSR count). The smallest absolute Gasteiger partial charge is 0.225 e. The SMILES string of the molecule is C[C@@H]1OCCC[C@@H]1C(=O)NCc1ccc(CO)c(F)c1. The molecule has 0 radical (unpaired) electrons. The number of rotatable bonds is 4. The van der Waals surface area contributed by atoms with Gasteiger partial charge in [0.1, 0.15) is 5.82 Å². The maximum atomic E-state index is 13.5. The zero-order chi connectivity index (χ0) is 14.5. The van der Waals surface area contributed by atoms with E-state index in [0.29, 0.717) is 12.2 Å². The molecule has 1 aromatic rings. The molecular weight excluding hydrogens is 261 g/mol. The van der Waals surface area contributed by atoms with Crippen molar-refractivity contribution in [2.24, 2.45) is 5.92 Å². The average Bonchev–Trinajstić information content (AvgIpc) is 2.45. The van der Waals surface area contributed by atoms with Crippen LogP contribution in [0.3, 0.4) is 0 Å². The summed E-state index contributed by atoms with van der Waals surface area (Å²) in [6.45, 7) is 2.57. The third-order valence-corrected chi connectivity index (χ3v) is 3.70. The molecule has 2 N–H and O–H groups in total. The summed E-state index contributed by atoms with van der Waals surface area (Å²) >= 11 is 0. The maximum absolute atomic E-state index is 13.5. The lowest BCUT2D eigenvalue weighted by molar-refractivity contribution is -0.133. The van der Waals surface area contributed by atoms with Crippen LogP contribution >= 0.6 is 0 Å². The zero-order valence-electron chi connectivity index (χ0n) is 11.6. The molecule has 0 aliphatic carbocycles. The van der Waals surface area contributed by atoms with E-state index in [4.69, 9.17) is 9.84 Å². The van der Waals surface area contributed by atoms with Crippen LogP contribution in [-0.4, -0.2) is 23.7 Å². The van der Waals surface area contributed by atoms with Crippen molar-refractivity contribution in [2.75, 3.05) is 6.61 Å². The number of ether oxygens (including phenoxy) is 1. The number of amides is 1. The molecule has 0 spiro atoms. The molecule has 4 nitrogen and oxygen atoms in total. The lowest BCUT2D eigenvalue weighted by atomic mass is 9.94. The third kappa shape index (κ3) is 3.55. The molecule has 1 fully saturated rings. The molecular formula is C15H20FNO3. The summed E-state index contributed by atoms with van der Waals surface area (Å²) in [5.74, 6) is -0.636. The van der Waals surface area contributed by atoms with Crippen molar-refractivity contribution < 1.29 is 19.0 Å². The van der Waals surface area contributed by atoms with Crippen molar-refractivity contribution in [1.29, 1.82) is 0 Å². The first kappa shape index (κ1) is 14.9. The summed E-state index contributed by atoms with van der Waals surface area (Å²) in [4.78, 5) is 12.1. The first-order chi connectivity index (χ1) is 9.61. The van der Waals surface area contributed by atoms with Crippen molar-refractivity contribution in [3.63, 3.8) is 0 Å². The number of benzene rings is 1. The lowest BCUT2D eigenvalue weighted by Gasteiger charge is -2.28. The van der Waals surface area contributed by atoms with Crippen LogP contribution in [0.2, 0.25) is 0 Å². The second-order valence-corrected chi connectivity index (χ2v) is 5.13. The average molecular weight is 281 g/mol. The van der Waals surface area contributed by atoms with Gasteiger partial charge in [-0.3, -0.25) is 4.79 Å². The van der Waals surface area contributed by atoms with Crippen LogP contribution < -0.4 is 5.32 Å². The van der Waals surface area contributed by atoms with E-state index in [1.807, 2.05) is 6.92 Å². The summed E-state index contributed by atoms with van der Waals surface area (Å²) in [5, 5.41) is 11.7. The molecule has 5 heteroatoms. The van der Waals surface area contributed by atoms with Gasteiger partial charge in [-0.2, -0.15) is 0 Å². The predicted octanol–water partition coefficient (Wildman–Crippen LogP) is 1.75. The molecule has 0 bridgehead atoms. The Morgan fingerprint density at radius 2 is 2.35 bits per heavy atom. The second kappa shape index (κ2) is 6.81. The van der Waals surface area contributed by atoms with E-state index >= 15 is 0 Å². The van der Waals surface area contributed by atoms with Crippen LogP contribution in [0.15, 0.2) is 18.2 Å². The van der Waals surface area contributed by atoms with E-state index < -0.39 is 5.82 Å². The topological polar surface area (TPSA) is 58.6 Å². The molecule has 1 saturated heterocycles. The van der Waals surface area contributed by atoms with Gasteiger partial charge in [-0.05, 0) is 31.4 Å². The number of hydrogen-bond donors (Lipinski definition) is 2. The first-order valence-corrected chi connectivity index (χ1v) is 6.89. The lowest BCUT2D eigenvalue weighted by Crippen LogP contribution is -2.39. The number of hydrogen-bond acceptors (Lipinski definition) is 3. The third-order valence-electron chi connectivity index (χ3n) is 3.70. The van der Waals surface area contributed by atoms with Crippen molar-refractivity contribution in [3.8, 4) is 0 Å². The Morgan fingerprint density at radius 1 is 1.55 bits per heavy atom. The number of nitrogens with one attached hydrogen (secondary N) is 1. The monoisotopic (exact) mass is 281 g/mol. The summed E-state index contributed by atoms with van der Waals surface area (Å²) in [5.41, 5.74) is 0.937. The zero-order valence-corrected chi connectivity index (χ0v) is 11.6. The summed E-state index contributed by atoms with van der Waals surface area (Å²) in [7, 11) is 0. The summed E-state index contributed by atoms with van der Waals surface area (Å²) in [6.07, 6.45) is 1.64. The molecule has 1 aromatic carbocycles. The Hall–Kier alpha value is -1.46. The molecule has 1 heterocycles. The molecule has 0 aromatic heterocycles. The fourth-order valence-electron chi connectivity index (χ4n) is 2.42. The van der Waals surface area contributed by atoms with Crippen LogP contribution in [0.5, 0.6) is 0 Å². The standard InChI is InChI=1S/C15H20FNO3/c1-10-13(3-2-6-20-10)15(19)17-8-11-4-5-12(9-18)14(16)7-11/h4-5,7,10,13,18H,2-3,6,8-9H2,1H3,(H,17,19)/t10-,13-/m0/s1. The van der Waals surface area contributed by atoms with Gasteiger partial charge in [0, 0.05) is 18.7 Å². The predicted molar refractivity (Wildman–Crippen MR) is 72.3 cm³/mol. The normalized spacial score (nSPS) is 22.6. The molecule has 1 aliphatic heterocycles. The highest BCUT2D eigenvalue weighted by molar-refractivity contribution is 5.79. The van der Waals surface area contributed by atoms with Gasteiger partial charge >= 0.3 is 0 Å². The van der Waals surface area contributed by atoms with Crippen LogP contribution in [0, 0.1) is 11.7 Å². The van der Waals surface area contributed by atoms with Crippen molar-refractivity contribution in [3.05, 3.63) is 35.1 Å². The van der Waals surface area contributed by atoms with Crippen LogP contribution in [0.1, 0.15) is 30.9 Å². The molecule has 20 heavy (non-hydrogen) atoms. The maximum Gasteiger partial charge on any atom is 0.225 e. The number of carbonyl (C=O) groups is 1. The molecule has 0 unspecified atom stereocenters. The Morgan fingerprint density at radius 3 is 3.00 bits per heavy atom. The minimum absolute atomic E-state index is 0.0520. The Labute approximate surface area is 117 Å². The van der Waals surface area contributed by atoms with Crippen molar-refractivity contribution >= 4 is 5.91 Å². The van der Waals surface area contributed by atoms with E-state index in [2.05, 4.69) is 5.32 Å². The van der Waals surface area contributed by atoms with Gasteiger partial charge in [0.15, 0.2) is 0 Å². The molecule has 110 valence electrons. The van der Waals surface area contributed by atoms with E-state index in [-0.39, 0.29) is 36.6 Å². The van der Waals surface area contributed by atoms with Crippen LogP contribution in [0.4, 0.5) is 4.39 Å². The summed E-state index contributed by atoms with van der Waals surface area (Å²) in [6, 6.07) is 4.57. The number of carbonyl (C=O) groups excluding carboxylic acids is 1. The number of halogens is 1. The van der Waals surface area contributed by atoms with E-state index in [9.17, 15) is 9.18 Å². The number of aliphatic hydroxyl groups is 1. The van der Waals surface area contributed by atoms with Crippen molar-refractivity contribution in [2.45, 2.75) is 39.0 Å². The molecule has 1 aliphatic rings. The highest BCUT2D eigenvalue weighted by atomic mass is 19.1. The van der Waals surface area contributed by atoms with Crippen LogP contribution in [-0.2, 0) is 22.7 Å². The second-order valence-electron chi connectivity index (χ2n) is 5.13. The van der Waals surface area contributed by atoms with Gasteiger partial charge in [-0.25, -0.2) is 4.39 Å². The van der Waals surface area contributed by atoms with E-state index in [1.165, 1.54) is 12.1 Å². The quantitative estimate of drug-likeness (QED) is 0.884. The first-order valence-electron chi connectivity index (χ1n) is 6.89. The van der Waals surface area contributed by atoms with E-state index in [0.717, 1.165) is 12.8 Å². The Bertz CT molecular complexity index is 478. The molecule has 0 saturated carbocycles. The molecule has 1 amide bonds. The largest absolute Gasteiger partial charge is 0.392 e. The highest BCUT2D eigenvalue weighted by Crippen LogP contribution is 2.20. The van der Waals surface area contributed by atoms with Gasteiger partial charge < -0.3 is 15.2 Å². The Kier molecular flexibility index (Phi) is 5.09. The highest BCUT2D eigenvalue weighted by Gasteiger charge is 2.28. The van der Waals surface area contributed by atoms with Gasteiger partial charge in [0.25, 0.3) is 0 Å². The molecule has 2 atom stereocenters. The van der Waals surface area contributed by atoms with E-state index in [1.54, 1.807) is 6.07 Å². The van der Waals surface area contributed by atoms with Crippen LogP contribution in [0.25, 0.3) is 0 Å². The van der Waals surface area contributed by atoms with Crippen molar-refractivity contribution in [1.82, 2.24) is 5.32 Å². The van der Waals surface area contributed by atoms with Gasteiger partial charge in [-0.15, -0.1) is 0 Å². The minimum atomic E-state index is -0.450. The number of aliphatic hydroxyl groups excluding tert-OH is 1. The summed E-state index contributed by atoms with van der Waals surface area (Å²) < 4.78 is 19.0. The van der Waals surface area contributed by atoms with Gasteiger partial charge in [0.2, 0.25) is 5.91 Å². The van der Waals surface area contributed by atoms with Gasteiger partial charge in [0.05, 0.1) is 18.6 Å². The van der Waals surface area contributed by atoms with Gasteiger partial charge in [-0.1, -0.05) is 12.1 Å². The minimum Gasteiger partial charge on any atom is -0.392 e. The fraction of sp³-hybridized carbons (Fsp3) is 0.533.